The molecule has 0 heterocycles. The van der Waals surface area contributed by atoms with Crippen molar-refractivity contribution in [2.24, 2.45) is 0 Å². The summed E-state index contributed by atoms with van der Waals surface area (Å²) in [5.41, 5.74) is 0.490. The number of ketones is 1. The van der Waals surface area contributed by atoms with E-state index in [1.54, 1.807) is 30.3 Å². The van der Waals surface area contributed by atoms with Gasteiger partial charge >= 0.3 is 0 Å². The third kappa shape index (κ3) is 7.75. The standard InChI is InChI=1S/C28H35FO6/c1-5-6-15-28(29,26(31)13-10-21-8-7-20(2)23(16-21)18-30)27(32)14-11-22-9-12-24(35-19-33-3)25(17-22)34-4/h7-14,16-17,27,30,32H,5-6,15,18-19H2,1-4H3/b13-10+,14-11+. The summed E-state index contributed by atoms with van der Waals surface area (Å²) in [4.78, 5) is 12.9. The molecule has 0 aliphatic heterocycles. The lowest BCUT2D eigenvalue weighted by molar-refractivity contribution is -0.131. The van der Waals surface area contributed by atoms with E-state index in [1.165, 1.54) is 32.4 Å². The van der Waals surface area contributed by atoms with Crippen molar-refractivity contribution in [1.29, 1.82) is 0 Å². The van der Waals surface area contributed by atoms with E-state index < -0.39 is 17.6 Å². The first-order valence-corrected chi connectivity index (χ1v) is 11.6. The molecule has 190 valence electrons. The normalized spacial score (nSPS) is 14.3. The molecule has 0 aliphatic carbocycles. The number of rotatable bonds is 14. The van der Waals surface area contributed by atoms with Crippen molar-refractivity contribution in [2.45, 2.75) is 51.5 Å². The van der Waals surface area contributed by atoms with Gasteiger partial charge in [0.25, 0.3) is 0 Å². The molecule has 0 spiro atoms. The Morgan fingerprint density at radius 3 is 2.49 bits per heavy atom. The maximum atomic E-state index is 15.9. The number of aliphatic hydroxyl groups is 2. The number of benzene rings is 2. The Hall–Kier alpha value is -3.00. The van der Waals surface area contributed by atoms with Gasteiger partial charge in [-0.3, -0.25) is 4.79 Å². The Balaban J connectivity index is 2.24. The van der Waals surface area contributed by atoms with Gasteiger partial charge in [-0.15, -0.1) is 0 Å². The molecule has 0 radical (unpaired) electrons. The number of ether oxygens (including phenoxy) is 3. The van der Waals surface area contributed by atoms with E-state index >= 15 is 4.39 Å². The molecular weight excluding hydrogens is 451 g/mol. The van der Waals surface area contributed by atoms with Crippen molar-refractivity contribution in [3.63, 3.8) is 0 Å². The summed E-state index contributed by atoms with van der Waals surface area (Å²) < 4.78 is 31.6. The van der Waals surface area contributed by atoms with Crippen LogP contribution in [0.4, 0.5) is 4.39 Å². The van der Waals surface area contributed by atoms with E-state index in [9.17, 15) is 15.0 Å². The Morgan fingerprint density at radius 2 is 1.83 bits per heavy atom. The molecule has 0 saturated heterocycles. The van der Waals surface area contributed by atoms with Crippen LogP contribution in [0.1, 0.15) is 48.4 Å². The monoisotopic (exact) mass is 486 g/mol. The molecule has 2 rings (SSSR count). The van der Waals surface area contributed by atoms with Crippen molar-refractivity contribution < 1.29 is 33.6 Å². The van der Waals surface area contributed by atoms with Crippen LogP contribution in [0.3, 0.4) is 0 Å². The number of hydrogen-bond donors (Lipinski definition) is 2. The van der Waals surface area contributed by atoms with E-state index in [0.717, 1.165) is 17.2 Å². The Kier molecular flexibility index (Phi) is 11.1. The van der Waals surface area contributed by atoms with Gasteiger partial charge in [-0.05, 0) is 66.3 Å². The predicted octanol–water partition coefficient (Wildman–Crippen LogP) is 5.03. The predicted molar refractivity (Wildman–Crippen MR) is 135 cm³/mol. The summed E-state index contributed by atoms with van der Waals surface area (Å²) in [5.74, 6) is 0.126. The molecule has 0 bridgehead atoms. The van der Waals surface area contributed by atoms with Crippen LogP contribution in [0.5, 0.6) is 11.5 Å². The van der Waals surface area contributed by atoms with Gasteiger partial charge in [0.15, 0.2) is 24.1 Å². The molecule has 2 atom stereocenters. The van der Waals surface area contributed by atoms with Gasteiger partial charge in [-0.2, -0.15) is 0 Å². The maximum Gasteiger partial charge on any atom is 0.201 e. The Bertz CT molecular complexity index is 1030. The number of aliphatic hydroxyl groups excluding tert-OH is 2. The Labute approximate surface area is 206 Å². The van der Waals surface area contributed by atoms with Gasteiger partial charge in [-0.25, -0.2) is 4.39 Å². The third-order valence-electron chi connectivity index (χ3n) is 5.73. The minimum absolute atomic E-state index is 0.0611. The van der Waals surface area contributed by atoms with Crippen LogP contribution >= 0.6 is 0 Å². The zero-order valence-corrected chi connectivity index (χ0v) is 20.8. The summed E-state index contributed by atoms with van der Waals surface area (Å²) in [5, 5.41) is 20.2. The molecule has 35 heavy (non-hydrogen) atoms. The lowest BCUT2D eigenvalue weighted by atomic mass is 9.87. The summed E-state index contributed by atoms with van der Waals surface area (Å²) in [6.07, 6.45) is 4.84. The highest BCUT2D eigenvalue weighted by atomic mass is 19.1. The van der Waals surface area contributed by atoms with Gasteiger partial charge in [0.05, 0.1) is 13.7 Å². The van der Waals surface area contributed by atoms with Crippen LogP contribution in [0.25, 0.3) is 12.2 Å². The summed E-state index contributed by atoms with van der Waals surface area (Å²) in [6, 6.07) is 10.4. The van der Waals surface area contributed by atoms with Crippen LogP contribution in [-0.2, 0) is 16.1 Å². The van der Waals surface area contributed by atoms with E-state index in [2.05, 4.69) is 0 Å². The molecule has 6 nitrogen and oxygen atoms in total. The van der Waals surface area contributed by atoms with Crippen LogP contribution in [0.15, 0.2) is 48.6 Å². The molecule has 0 saturated carbocycles. The zero-order chi connectivity index (χ0) is 25.8. The SMILES string of the molecule is CCCCC(F)(C(=O)/C=C/c1ccc(C)c(CO)c1)C(O)/C=C/c1ccc(OCOC)c(OC)c1. The lowest BCUT2D eigenvalue weighted by Gasteiger charge is -2.26. The number of methoxy groups -OCH3 is 2. The van der Waals surface area contributed by atoms with Crippen LogP contribution < -0.4 is 9.47 Å². The van der Waals surface area contributed by atoms with Crippen LogP contribution in [0, 0.1) is 6.92 Å². The van der Waals surface area contributed by atoms with E-state index in [0.29, 0.717) is 35.5 Å². The second kappa shape index (κ2) is 13.8. The smallest absolute Gasteiger partial charge is 0.201 e. The molecular formula is C28H35FO6. The molecule has 2 unspecified atom stereocenters. The molecule has 2 aromatic rings. The first-order valence-electron chi connectivity index (χ1n) is 11.6. The van der Waals surface area contributed by atoms with Crippen molar-refractivity contribution in [3.05, 3.63) is 70.8 Å². The third-order valence-corrected chi connectivity index (χ3v) is 5.73. The van der Waals surface area contributed by atoms with Crippen molar-refractivity contribution in [1.82, 2.24) is 0 Å². The number of unbranched alkanes of at least 4 members (excludes halogenated alkanes) is 1. The molecule has 7 heteroatoms. The zero-order valence-electron chi connectivity index (χ0n) is 20.8. The van der Waals surface area contributed by atoms with Gasteiger partial charge in [0.1, 0.15) is 6.10 Å². The van der Waals surface area contributed by atoms with Crippen LogP contribution in [-0.4, -0.2) is 48.8 Å². The number of carbonyl (C=O) groups excluding carboxylic acids is 1. The van der Waals surface area contributed by atoms with E-state index in [1.807, 2.05) is 19.9 Å². The highest BCUT2D eigenvalue weighted by Gasteiger charge is 2.42. The maximum absolute atomic E-state index is 15.9. The first kappa shape index (κ1) is 28.2. The van der Waals surface area contributed by atoms with E-state index in [-0.39, 0.29) is 19.8 Å². The van der Waals surface area contributed by atoms with Crippen LogP contribution in [0.2, 0.25) is 0 Å². The molecule has 0 fully saturated rings. The average Bonchev–Trinajstić information content (AvgIpc) is 2.88. The topological polar surface area (TPSA) is 85.2 Å². The van der Waals surface area contributed by atoms with Crippen molar-refractivity contribution >= 4 is 17.9 Å². The van der Waals surface area contributed by atoms with Crippen molar-refractivity contribution in [3.8, 4) is 11.5 Å². The Morgan fingerprint density at radius 1 is 1.11 bits per heavy atom. The molecule has 0 amide bonds. The molecule has 0 aromatic heterocycles. The fraction of sp³-hybridized carbons (Fsp3) is 0.393. The van der Waals surface area contributed by atoms with E-state index in [4.69, 9.17) is 14.2 Å². The first-order chi connectivity index (χ1) is 16.8. The fourth-order valence-corrected chi connectivity index (χ4v) is 3.51. The van der Waals surface area contributed by atoms with Gasteiger partial charge in [-0.1, -0.05) is 49.8 Å². The number of allylic oxidation sites excluding steroid dienone is 1. The van der Waals surface area contributed by atoms with Crippen molar-refractivity contribution in [2.75, 3.05) is 21.0 Å². The highest BCUT2D eigenvalue weighted by molar-refractivity contribution is 6.00. The van der Waals surface area contributed by atoms with Gasteiger partial charge in [0, 0.05) is 7.11 Å². The number of aryl methyl sites for hydroxylation is 1. The number of halogens is 1. The minimum atomic E-state index is -2.47. The number of carbonyl (C=O) groups is 1. The van der Waals surface area contributed by atoms with Gasteiger partial charge in [0.2, 0.25) is 5.67 Å². The minimum Gasteiger partial charge on any atom is -0.493 e. The van der Waals surface area contributed by atoms with Gasteiger partial charge < -0.3 is 24.4 Å². The molecule has 2 N–H and O–H groups in total. The highest BCUT2D eigenvalue weighted by Crippen LogP contribution is 2.30. The second-order valence-corrected chi connectivity index (χ2v) is 8.27. The lowest BCUT2D eigenvalue weighted by Crippen LogP contribution is -2.43. The number of alkyl halides is 1. The quantitative estimate of drug-likeness (QED) is 0.288. The number of hydrogen-bond acceptors (Lipinski definition) is 6. The summed E-state index contributed by atoms with van der Waals surface area (Å²) >= 11 is 0. The second-order valence-electron chi connectivity index (χ2n) is 8.27. The fourth-order valence-electron chi connectivity index (χ4n) is 3.51. The average molecular weight is 487 g/mol. The largest absolute Gasteiger partial charge is 0.493 e. The molecule has 0 aliphatic rings. The summed E-state index contributed by atoms with van der Waals surface area (Å²) in [6.45, 7) is 3.70. The summed E-state index contributed by atoms with van der Waals surface area (Å²) in [7, 11) is 3.01. The molecule has 2 aromatic carbocycles.